The maximum atomic E-state index is 12.5. The molecule has 128 valence electrons. The number of nitrogens with zero attached hydrogens (tertiary/aromatic N) is 2. The summed E-state index contributed by atoms with van der Waals surface area (Å²) in [5.74, 6) is 1.66. The minimum Gasteiger partial charge on any atom is -0.356 e. The third kappa shape index (κ3) is 4.78. The molecule has 1 heterocycles. The summed E-state index contributed by atoms with van der Waals surface area (Å²) in [7, 11) is -1.64. The first-order valence-corrected chi connectivity index (χ1v) is 10.6. The van der Waals surface area contributed by atoms with Crippen LogP contribution in [0.1, 0.15) is 5.56 Å². The Kier molecular flexibility index (Phi) is 6.59. The second-order valence-corrected chi connectivity index (χ2v) is 8.18. The largest absolute Gasteiger partial charge is 0.356 e. The predicted octanol–water partition coefficient (Wildman–Crippen LogP) is 0.907. The smallest absolute Gasteiger partial charge is 0.236 e. The summed E-state index contributed by atoms with van der Waals surface area (Å²) >= 11 is 1.74. The molecule has 1 aliphatic heterocycles. The van der Waals surface area contributed by atoms with Crippen molar-refractivity contribution in [2.45, 2.75) is 6.42 Å². The van der Waals surface area contributed by atoms with E-state index in [-0.39, 0.29) is 5.75 Å². The van der Waals surface area contributed by atoms with Gasteiger partial charge in [0.25, 0.3) is 0 Å². The lowest BCUT2D eigenvalue weighted by Crippen LogP contribution is -2.42. The van der Waals surface area contributed by atoms with Gasteiger partial charge in [0.1, 0.15) is 0 Å². The highest BCUT2D eigenvalue weighted by Gasteiger charge is 2.28. The van der Waals surface area contributed by atoms with Crippen molar-refractivity contribution in [1.82, 2.24) is 10.6 Å². The average Bonchev–Trinajstić information content (AvgIpc) is 2.98. The number of guanidine groups is 1. The molecule has 8 heteroatoms. The Bertz CT molecular complexity index is 647. The van der Waals surface area contributed by atoms with E-state index in [0.29, 0.717) is 19.0 Å². The van der Waals surface area contributed by atoms with Crippen LogP contribution < -0.4 is 14.9 Å². The minimum absolute atomic E-state index is 0.0462. The monoisotopic (exact) mass is 356 g/mol. The number of anilines is 1. The van der Waals surface area contributed by atoms with E-state index in [9.17, 15) is 8.42 Å². The number of hydrogen-bond donors (Lipinski definition) is 2. The van der Waals surface area contributed by atoms with Crippen LogP contribution >= 0.6 is 11.8 Å². The maximum absolute atomic E-state index is 12.5. The van der Waals surface area contributed by atoms with Crippen molar-refractivity contribution in [3.63, 3.8) is 0 Å². The molecule has 0 bridgehead atoms. The lowest BCUT2D eigenvalue weighted by Gasteiger charge is -2.20. The number of benzene rings is 1. The molecule has 0 radical (unpaired) electrons. The van der Waals surface area contributed by atoms with Crippen molar-refractivity contribution < 1.29 is 8.42 Å². The fraction of sp³-hybridized carbons (Fsp3) is 0.533. The standard InChI is InChI=1S/C15H24N4O2S2/c1-16-15(17-8-11-22-2)18-9-12-23(20,21)19-10-7-13-5-3-4-6-14(13)19/h3-6H,7-12H2,1-2H3,(H2,16,17,18). The van der Waals surface area contributed by atoms with Crippen LogP contribution in [0, 0.1) is 0 Å². The zero-order valence-corrected chi connectivity index (χ0v) is 15.2. The zero-order chi connectivity index (χ0) is 16.7. The first-order chi connectivity index (χ1) is 11.1. The molecule has 0 fully saturated rings. The van der Waals surface area contributed by atoms with E-state index in [1.54, 1.807) is 18.8 Å². The van der Waals surface area contributed by atoms with Crippen molar-refractivity contribution >= 4 is 33.4 Å². The molecule has 0 atom stereocenters. The van der Waals surface area contributed by atoms with Crippen LogP contribution in [0.5, 0.6) is 0 Å². The summed E-state index contributed by atoms with van der Waals surface area (Å²) in [6, 6.07) is 7.68. The fourth-order valence-electron chi connectivity index (χ4n) is 2.50. The van der Waals surface area contributed by atoms with Gasteiger partial charge < -0.3 is 10.6 Å². The summed E-state index contributed by atoms with van der Waals surface area (Å²) in [6.07, 6.45) is 2.82. The second-order valence-electron chi connectivity index (χ2n) is 5.19. The topological polar surface area (TPSA) is 73.8 Å². The Hall–Kier alpha value is -1.41. The van der Waals surface area contributed by atoms with Gasteiger partial charge in [-0.1, -0.05) is 18.2 Å². The number of thioether (sulfide) groups is 1. The third-order valence-electron chi connectivity index (χ3n) is 3.66. The molecule has 0 saturated heterocycles. The van der Waals surface area contributed by atoms with Crippen molar-refractivity contribution in [2.24, 2.45) is 4.99 Å². The Labute approximate surface area is 142 Å². The molecule has 0 unspecified atom stereocenters. The number of fused-ring (bicyclic) bond motifs is 1. The summed E-state index contributed by atoms with van der Waals surface area (Å²) in [5.41, 5.74) is 1.91. The summed E-state index contributed by atoms with van der Waals surface area (Å²) in [4.78, 5) is 4.09. The van der Waals surface area contributed by atoms with Crippen LogP contribution in [0.3, 0.4) is 0 Å². The van der Waals surface area contributed by atoms with Gasteiger partial charge in [-0.05, 0) is 24.3 Å². The van der Waals surface area contributed by atoms with Gasteiger partial charge in [-0.2, -0.15) is 11.8 Å². The molecule has 6 nitrogen and oxygen atoms in total. The van der Waals surface area contributed by atoms with Crippen LogP contribution in [0.25, 0.3) is 0 Å². The van der Waals surface area contributed by atoms with Gasteiger partial charge in [0, 0.05) is 32.4 Å². The number of hydrogen-bond acceptors (Lipinski definition) is 4. The fourth-order valence-corrected chi connectivity index (χ4v) is 4.23. The minimum atomic E-state index is -3.32. The average molecular weight is 357 g/mol. The lowest BCUT2D eigenvalue weighted by atomic mass is 10.2. The molecule has 23 heavy (non-hydrogen) atoms. The van der Waals surface area contributed by atoms with E-state index >= 15 is 0 Å². The van der Waals surface area contributed by atoms with E-state index in [4.69, 9.17) is 0 Å². The molecule has 1 aromatic rings. The van der Waals surface area contributed by atoms with Crippen LogP contribution in [0.15, 0.2) is 29.3 Å². The highest BCUT2D eigenvalue weighted by Crippen LogP contribution is 2.29. The normalized spacial score (nSPS) is 14.7. The molecule has 2 N–H and O–H groups in total. The third-order valence-corrected chi connectivity index (χ3v) is 6.04. The molecule has 0 spiro atoms. The number of rotatable bonds is 7. The van der Waals surface area contributed by atoms with Gasteiger partial charge in [-0.25, -0.2) is 8.42 Å². The molecule has 1 aromatic carbocycles. The van der Waals surface area contributed by atoms with Gasteiger partial charge in [0.2, 0.25) is 10.0 Å². The van der Waals surface area contributed by atoms with Crippen molar-refractivity contribution in [2.75, 3.05) is 48.7 Å². The van der Waals surface area contributed by atoms with Crippen molar-refractivity contribution in [3.8, 4) is 0 Å². The van der Waals surface area contributed by atoms with E-state index in [2.05, 4.69) is 15.6 Å². The van der Waals surface area contributed by atoms with Crippen molar-refractivity contribution in [3.05, 3.63) is 29.8 Å². The van der Waals surface area contributed by atoms with Crippen LogP contribution in [0.4, 0.5) is 5.69 Å². The van der Waals surface area contributed by atoms with Crippen LogP contribution in [-0.4, -0.2) is 58.8 Å². The van der Waals surface area contributed by atoms with Gasteiger partial charge in [0.05, 0.1) is 11.4 Å². The highest BCUT2D eigenvalue weighted by atomic mass is 32.2. The Balaban J connectivity index is 1.88. The van der Waals surface area contributed by atoms with Gasteiger partial charge in [-0.15, -0.1) is 0 Å². The molecule has 0 saturated carbocycles. The molecule has 0 amide bonds. The SMILES string of the molecule is CN=C(NCCSC)NCCS(=O)(=O)N1CCc2ccccc21. The summed E-state index contributed by atoms with van der Waals surface area (Å²) in [6.45, 7) is 1.66. The van der Waals surface area contributed by atoms with E-state index in [0.717, 1.165) is 30.0 Å². The molecular weight excluding hydrogens is 332 g/mol. The van der Waals surface area contributed by atoms with Crippen molar-refractivity contribution in [1.29, 1.82) is 0 Å². The predicted molar refractivity (Wildman–Crippen MR) is 99.0 cm³/mol. The molecule has 2 rings (SSSR count). The van der Waals surface area contributed by atoms with Gasteiger partial charge in [-0.3, -0.25) is 9.30 Å². The van der Waals surface area contributed by atoms with E-state index < -0.39 is 10.0 Å². The molecular formula is C15H24N4O2S2. The van der Waals surface area contributed by atoms with E-state index in [1.807, 2.05) is 30.5 Å². The number of para-hydroxylation sites is 1. The molecule has 0 aliphatic carbocycles. The lowest BCUT2D eigenvalue weighted by molar-refractivity contribution is 0.591. The number of nitrogens with one attached hydrogen (secondary N) is 2. The van der Waals surface area contributed by atoms with E-state index in [1.165, 1.54) is 4.31 Å². The van der Waals surface area contributed by atoms with Crippen LogP contribution in [0.2, 0.25) is 0 Å². The summed E-state index contributed by atoms with van der Waals surface area (Å²) in [5, 5.41) is 6.21. The molecule has 0 aromatic heterocycles. The Morgan fingerprint density at radius 1 is 1.30 bits per heavy atom. The maximum Gasteiger partial charge on any atom is 0.236 e. The van der Waals surface area contributed by atoms with Gasteiger partial charge in [0.15, 0.2) is 5.96 Å². The Morgan fingerprint density at radius 2 is 2.04 bits per heavy atom. The van der Waals surface area contributed by atoms with Gasteiger partial charge >= 0.3 is 0 Å². The first kappa shape index (κ1) is 17.9. The zero-order valence-electron chi connectivity index (χ0n) is 13.6. The van der Waals surface area contributed by atoms with Crippen LogP contribution in [-0.2, 0) is 16.4 Å². The summed E-state index contributed by atoms with van der Waals surface area (Å²) < 4.78 is 26.6. The number of aliphatic imine (C=N–C) groups is 1. The Morgan fingerprint density at radius 3 is 2.78 bits per heavy atom. The second kappa shape index (κ2) is 8.44. The quantitative estimate of drug-likeness (QED) is 0.431. The highest BCUT2D eigenvalue weighted by molar-refractivity contribution is 7.98. The number of sulfonamides is 1. The molecule has 1 aliphatic rings. The first-order valence-electron chi connectivity index (χ1n) is 7.60.